The lowest BCUT2D eigenvalue weighted by Gasteiger charge is -2.47. The first-order valence-electron chi connectivity index (χ1n) is 5.48. The third-order valence-electron chi connectivity index (χ3n) is 3.18. The SMILES string of the molecule is CCC1(C)C(=O)NC(C)C(=O)N1C(C)C. The number of hydrogen-bond acceptors (Lipinski definition) is 2. The standard InChI is InChI=1S/C11H20N2O2/c1-6-11(5)10(15)12-8(4)9(14)13(11)7(2)3/h7-8H,6H2,1-5H3,(H,12,15). The van der Waals surface area contributed by atoms with Crippen LogP contribution in [-0.4, -0.2) is 34.3 Å². The molecule has 1 saturated heterocycles. The van der Waals surface area contributed by atoms with Crippen LogP contribution in [0.2, 0.25) is 0 Å². The molecule has 1 aliphatic rings. The fourth-order valence-corrected chi connectivity index (χ4v) is 2.13. The van der Waals surface area contributed by atoms with E-state index in [1.165, 1.54) is 0 Å². The van der Waals surface area contributed by atoms with Crippen LogP contribution in [0.25, 0.3) is 0 Å². The minimum atomic E-state index is -0.697. The Morgan fingerprint density at radius 1 is 1.47 bits per heavy atom. The topological polar surface area (TPSA) is 49.4 Å². The van der Waals surface area contributed by atoms with Crippen molar-refractivity contribution >= 4 is 11.8 Å². The molecule has 0 saturated carbocycles. The molecule has 0 spiro atoms. The Morgan fingerprint density at radius 2 is 2.00 bits per heavy atom. The van der Waals surface area contributed by atoms with Gasteiger partial charge in [0.1, 0.15) is 11.6 Å². The molecule has 0 aromatic heterocycles. The molecule has 4 heteroatoms. The Labute approximate surface area is 91.0 Å². The van der Waals surface area contributed by atoms with Gasteiger partial charge < -0.3 is 10.2 Å². The summed E-state index contributed by atoms with van der Waals surface area (Å²) in [6, 6.07) is -0.351. The van der Waals surface area contributed by atoms with Gasteiger partial charge in [-0.15, -0.1) is 0 Å². The summed E-state index contributed by atoms with van der Waals surface area (Å²) in [6.07, 6.45) is 0.634. The molecule has 1 fully saturated rings. The monoisotopic (exact) mass is 212 g/mol. The summed E-state index contributed by atoms with van der Waals surface area (Å²) >= 11 is 0. The van der Waals surface area contributed by atoms with Crippen molar-refractivity contribution in [1.82, 2.24) is 10.2 Å². The minimum Gasteiger partial charge on any atom is -0.343 e. The Hall–Kier alpha value is -1.06. The molecule has 15 heavy (non-hydrogen) atoms. The van der Waals surface area contributed by atoms with E-state index >= 15 is 0 Å². The number of rotatable bonds is 2. The molecule has 1 heterocycles. The van der Waals surface area contributed by atoms with Crippen LogP contribution >= 0.6 is 0 Å². The lowest BCUT2D eigenvalue weighted by Crippen LogP contribution is -2.70. The van der Waals surface area contributed by atoms with Gasteiger partial charge in [-0.25, -0.2) is 0 Å². The van der Waals surface area contributed by atoms with Gasteiger partial charge in [0, 0.05) is 6.04 Å². The summed E-state index contributed by atoms with van der Waals surface area (Å²) in [5.41, 5.74) is -0.697. The maximum absolute atomic E-state index is 12.0. The van der Waals surface area contributed by atoms with Crippen molar-refractivity contribution in [3.05, 3.63) is 0 Å². The van der Waals surface area contributed by atoms with Crippen LogP contribution in [0.4, 0.5) is 0 Å². The second kappa shape index (κ2) is 3.83. The van der Waals surface area contributed by atoms with Crippen molar-refractivity contribution < 1.29 is 9.59 Å². The molecule has 1 aliphatic heterocycles. The second-order valence-corrected chi connectivity index (χ2v) is 4.62. The van der Waals surface area contributed by atoms with Crippen LogP contribution in [0.15, 0.2) is 0 Å². The van der Waals surface area contributed by atoms with Crippen molar-refractivity contribution in [2.24, 2.45) is 0 Å². The highest BCUT2D eigenvalue weighted by Gasteiger charge is 2.47. The number of hydrogen-bond donors (Lipinski definition) is 1. The van der Waals surface area contributed by atoms with Gasteiger partial charge in [-0.05, 0) is 34.1 Å². The number of nitrogens with zero attached hydrogens (tertiary/aromatic N) is 1. The predicted molar refractivity (Wildman–Crippen MR) is 58.3 cm³/mol. The van der Waals surface area contributed by atoms with Crippen LogP contribution in [0.5, 0.6) is 0 Å². The van der Waals surface area contributed by atoms with Gasteiger partial charge in [0.2, 0.25) is 11.8 Å². The second-order valence-electron chi connectivity index (χ2n) is 4.62. The van der Waals surface area contributed by atoms with E-state index in [1.54, 1.807) is 11.8 Å². The first-order chi connectivity index (χ1) is 6.84. The lowest BCUT2D eigenvalue weighted by molar-refractivity contribution is -0.158. The molecular formula is C11H20N2O2. The molecule has 2 amide bonds. The van der Waals surface area contributed by atoms with Gasteiger partial charge in [-0.1, -0.05) is 6.92 Å². The molecule has 86 valence electrons. The Bertz CT molecular complexity index is 288. The minimum absolute atomic E-state index is 0.00829. The van der Waals surface area contributed by atoms with E-state index in [4.69, 9.17) is 0 Å². The molecular weight excluding hydrogens is 192 g/mol. The van der Waals surface area contributed by atoms with E-state index < -0.39 is 11.6 Å². The highest BCUT2D eigenvalue weighted by Crippen LogP contribution is 2.26. The number of amides is 2. The molecule has 0 aromatic rings. The third kappa shape index (κ3) is 1.73. The van der Waals surface area contributed by atoms with Gasteiger partial charge >= 0.3 is 0 Å². The normalized spacial score (nSPS) is 32.1. The summed E-state index contributed by atoms with van der Waals surface area (Å²) in [5.74, 6) is -0.0419. The zero-order valence-electron chi connectivity index (χ0n) is 10.1. The van der Waals surface area contributed by atoms with Gasteiger partial charge in [-0.3, -0.25) is 9.59 Å². The predicted octanol–water partition coefficient (Wildman–Crippen LogP) is 0.910. The largest absolute Gasteiger partial charge is 0.343 e. The molecule has 2 atom stereocenters. The summed E-state index contributed by atoms with van der Waals surface area (Å²) in [4.78, 5) is 25.6. The van der Waals surface area contributed by atoms with Crippen molar-refractivity contribution in [2.75, 3.05) is 0 Å². The summed E-state index contributed by atoms with van der Waals surface area (Å²) in [7, 11) is 0. The fraction of sp³-hybridized carbons (Fsp3) is 0.818. The molecule has 4 nitrogen and oxygen atoms in total. The molecule has 1 N–H and O–H groups in total. The first-order valence-corrected chi connectivity index (χ1v) is 5.48. The highest BCUT2D eigenvalue weighted by molar-refractivity contribution is 5.99. The number of carbonyl (C=O) groups is 2. The van der Waals surface area contributed by atoms with E-state index in [0.717, 1.165) is 0 Å². The lowest BCUT2D eigenvalue weighted by atomic mass is 9.89. The van der Waals surface area contributed by atoms with Gasteiger partial charge in [-0.2, -0.15) is 0 Å². The van der Waals surface area contributed by atoms with Gasteiger partial charge in [0.05, 0.1) is 0 Å². The van der Waals surface area contributed by atoms with E-state index in [9.17, 15) is 9.59 Å². The molecule has 0 bridgehead atoms. The van der Waals surface area contributed by atoms with Crippen LogP contribution in [-0.2, 0) is 9.59 Å². The molecule has 0 aliphatic carbocycles. The fourth-order valence-electron chi connectivity index (χ4n) is 2.13. The maximum atomic E-state index is 12.0. The van der Waals surface area contributed by atoms with E-state index in [1.807, 2.05) is 27.7 Å². The van der Waals surface area contributed by atoms with Crippen LogP contribution in [0.1, 0.15) is 41.0 Å². The van der Waals surface area contributed by atoms with Gasteiger partial charge in [0.15, 0.2) is 0 Å². The van der Waals surface area contributed by atoms with Crippen LogP contribution in [0, 0.1) is 0 Å². The average Bonchev–Trinajstić information content (AvgIpc) is 2.14. The molecule has 2 unspecified atom stereocenters. The van der Waals surface area contributed by atoms with Crippen molar-refractivity contribution in [2.45, 2.75) is 58.7 Å². The molecule has 1 rings (SSSR count). The number of piperazine rings is 1. The van der Waals surface area contributed by atoms with E-state index in [0.29, 0.717) is 6.42 Å². The number of carbonyl (C=O) groups excluding carboxylic acids is 2. The van der Waals surface area contributed by atoms with Crippen LogP contribution < -0.4 is 5.32 Å². The summed E-state index contributed by atoms with van der Waals surface area (Å²) < 4.78 is 0. The van der Waals surface area contributed by atoms with Crippen molar-refractivity contribution in [3.8, 4) is 0 Å². The van der Waals surface area contributed by atoms with Crippen molar-refractivity contribution in [1.29, 1.82) is 0 Å². The van der Waals surface area contributed by atoms with Crippen LogP contribution in [0.3, 0.4) is 0 Å². The zero-order valence-corrected chi connectivity index (χ0v) is 10.1. The maximum Gasteiger partial charge on any atom is 0.246 e. The Balaban J connectivity index is 3.12. The molecule has 0 radical (unpaired) electrons. The Morgan fingerprint density at radius 3 is 2.40 bits per heavy atom. The summed E-state index contributed by atoms with van der Waals surface area (Å²) in [6.45, 7) is 9.36. The van der Waals surface area contributed by atoms with Crippen molar-refractivity contribution in [3.63, 3.8) is 0 Å². The van der Waals surface area contributed by atoms with Gasteiger partial charge in [0.25, 0.3) is 0 Å². The highest BCUT2D eigenvalue weighted by atomic mass is 16.2. The smallest absolute Gasteiger partial charge is 0.246 e. The first kappa shape index (κ1) is 12.0. The molecule has 0 aromatic carbocycles. The quantitative estimate of drug-likeness (QED) is 0.739. The summed E-state index contributed by atoms with van der Waals surface area (Å²) in [5, 5.41) is 2.73. The Kier molecular flexibility index (Phi) is 3.07. The van der Waals surface area contributed by atoms with E-state index in [-0.39, 0.29) is 17.9 Å². The number of nitrogens with one attached hydrogen (secondary N) is 1. The third-order valence-corrected chi connectivity index (χ3v) is 3.18. The zero-order chi connectivity index (χ0) is 11.8. The van der Waals surface area contributed by atoms with E-state index in [2.05, 4.69) is 5.32 Å². The average molecular weight is 212 g/mol.